The van der Waals surface area contributed by atoms with E-state index in [9.17, 15) is 9.59 Å². The van der Waals surface area contributed by atoms with Gasteiger partial charge in [-0.15, -0.1) is 0 Å². The summed E-state index contributed by atoms with van der Waals surface area (Å²) < 4.78 is 0. The number of piperidine rings is 1. The maximum absolute atomic E-state index is 12.1. The Morgan fingerprint density at radius 3 is 2.26 bits per heavy atom. The predicted octanol–water partition coefficient (Wildman–Crippen LogP) is 1.12. The normalized spacial score (nSPS) is 19.8. The van der Waals surface area contributed by atoms with Gasteiger partial charge in [0.05, 0.1) is 0 Å². The van der Waals surface area contributed by atoms with E-state index in [1.807, 2.05) is 0 Å². The Bertz CT molecular complexity index is 553. The molecule has 0 radical (unpaired) electrons. The van der Waals surface area contributed by atoms with Crippen molar-refractivity contribution in [1.82, 2.24) is 20.9 Å². The number of aromatic nitrogens is 1. The zero-order chi connectivity index (χ0) is 17.1. The van der Waals surface area contributed by atoms with Gasteiger partial charge in [0.1, 0.15) is 0 Å². The molecule has 0 atom stereocenters. The number of carbonyl (C=O) groups is 2. The van der Waals surface area contributed by atoms with Crippen LogP contribution < -0.4 is 16.0 Å². The third kappa shape index (κ3) is 5.32. The molecule has 1 aromatic heterocycles. The standard InChI is InChI=1S/C17H26N4O2/c1-16(2)9-13(10-17(3,4)21-16)20-15(23)14(22)19-11-12-5-7-18-8-6-12/h5-8,13,21H,9-11H2,1-4H3,(H,19,22)(H,20,23). The van der Waals surface area contributed by atoms with Crippen LogP contribution in [-0.4, -0.2) is 33.9 Å². The van der Waals surface area contributed by atoms with E-state index in [2.05, 4.69) is 48.6 Å². The van der Waals surface area contributed by atoms with Gasteiger partial charge in [-0.3, -0.25) is 14.6 Å². The lowest BCUT2D eigenvalue weighted by molar-refractivity contribution is -0.140. The molecule has 1 aliphatic rings. The molecule has 2 rings (SSSR count). The zero-order valence-corrected chi connectivity index (χ0v) is 14.3. The summed E-state index contributed by atoms with van der Waals surface area (Å²) in [5.41, 5.74) is 0.755. The summed E-state index contributed by atoms with van der Waals surface area (Å²) in [6, 6.07) is 3.59. The number of amides is 2. The summed E-state index contributed by atoms with van der Waals surface area (Å²) in [5, 5.41) is 9.05. The molecule has 6 heteroatoms. The minimum absolute atomic E-state index is 0.0135. The third-order valence-corrected chi connectivity index (χ3v) is 3.93. The van der Waals surface area contributed by atoms with Crippen molar-refractivity contribution >= 4 is 11.8 Å². The molecule has 0 aliphatic carbocycles. The van der Waals surface area contributed by atoms with Crippen molar-refractivity contribution in [2.45, 2.75) is 64.2 Å². The monoisotopic (exact) mass is 318 g/mol. The highest BCUT2D eigenvalue weighted by Crippen LogP contribution is 2.28. The second-order valence-electron chi connectivity index (χ2n) is 7.51. The van der Waals surface area contributed by atoms with Gasteiger partial charge in [-0.25, -0.2) is 0 Å². The highest BCUT2D eigenvalue weighted by Gasteiger charge is 2.38. The molecule has 0 spiro atoms. The van der Waals surface area contributed by atoms with Crippen LogP contribution in [0.2, 0.25) is 0 Å². The van der Waals surface area contributed by atoms with E-state index in [-0.39, 0.29) is 17.1 Å². The number of hydrogen-bond donors (Lipinski definition) is 3. The average Bonchev–Trinajstić information content (AvgIpc) is 2.42. The van der Waals surface area contributed by atoms with Gasteiger partial charge in [0.2, 0.25) is 0 Å². The molecule has 126 valence electrons. The fourth-order valence-electron chi connectivity index (χ4n) is 3.44. The Balaban J connectivity index is 1.87. The Hall–Kier alpha value is -1.95. The Morgan fingerprint density at radius 2 is 1.70 bits per heavy atom. The van der Waals surface area contributed by atoms with Crippen molar-refractivity contribution in [1.29, 1.82) is 0 Å². The van der Waals surface area contributed by atoms with Crippen molar-refractivity contribution < 1.29 is 9.59 Å². The van der Waals surface area contributed by atoms with Crippen LogP contribution in [0.3, 0.4) is 0 Å². The minimum Gasteiger partial charge on any atom is -0.345 e. The van der Waals surface area contributed by atoms with Gasteiger partial charge in [0, 0.05) is 36.1 Å². The van der Waals surface area contributed by atoms with Crippen LogP contribution in [0.1, 0.15) is 46.1 Å². The van der Waals surface area contributed by atoms with Crippen molar-refractivity contribution in [2.75, 3.05) is 0 Å². The summed E-state index contributed by atoms with van der Waals surface area (Å²) in [6.45, 7) is 8.75. The Labute approximate surface area is 137 Å². The molecule has 23 heavy (non-hydrogen) atoms. The number of pyridine rings is 1. The van der Waals surface area contributed by atoms with Gasteiger partial charge in [-0.1, -0.05) is 0 Å². The molecule has 1 saturated heterocycles. The van der Waals surface area contributed by atoms with Gasteiger partial charge in [-0.05, 0) is 58.2 Å². The first-order chi connectivity index (χ1) is 10.7. The molecule has 1 aliphatic heterocycles. The van der Waals surface area contributed by atoms with Crippen LogP contribution in [0.5, 0.6) is 0 Å². The minimum atomic E-state index is -0.601. The number of nitrogens with zero attached hydrogens (tertiary/aromatic N) is 1. The van der Waals surface area contributed by atoms with Crippen molar-refractivity contribution in [3.05, 3.63) is 30.1 Å². The topological polar surface area (TPSA) is 83.1 Å². The first-order valence-corrected chi connectivity index (χ1v) is 7.94. The molecule has 1 fully saturated rings. The third-order valence-electron chi connectivity index (χ3n) is 3.93. The molecule has 0 saturated carbocycles. The first kappa shape index (κ1) is 17.4. The van der Waals surface area contributed by atoms with Crippen LogP contribution in [-0.2, 0) is 16.1 Å². The van der Waals surface area contributed by atoms with Crippen molar-refractivity contribution in [3.8, 4) is 0 Å². The quantitative estimate of drug-likeness (QED) is 0.730. The van der Waals surface area contributed by atoms with E-state index in [0.29, 0.717) is 6.54 Å². The van der Waals surface area contributed by atoms with E-state index in [1.165, 1.54) is 0 Å². The van der Waals surface area contributed by atoms with Crippen LogP contribution in [0.25, 0.3) is 0 Å². The highest BCUT2D eigenvalue weighted by atomic mass is 16.2. The molecule has 2 amide bonds. The van der Waals surface area contributed by atoms with Crippen LogP contribution >= 0.6 is 0 Å². The van der Waals surface area contributed by atoms with Crippen LogP contribution in [0.15, 0.2) is 24.5 Å². The summed E-state index contributed by atoms with van der Waals surface area (Å²) >= 11 is 0. The molecular weight excluding hydrogens is 292 g/mol. The SMILES string of the molecule is CC1(C)CC(NC(=O)C(=O)NCc2ccncc2)CC(C)(C)N1. The van der Waals surface area contributed by atoms with E-state index in [4.69, 9.17) is 0 Å². The van der Waals surface area contributed by atoms with E-state index in [0.717, 1.165) is 18.4 Å². The number of carbonyl (C=O) groups excluding carboxylic acids is 2. The molecule has 0 bridgehead atoms. The smallest absolute Gasteiger partial charge is 0.309 e. The number of hydrogen-bond acceptors (Lipinski definition) is 4. The van der Waals surface area contributed by atoms with Crippen molar-refractivity contribution in [3.63, 3.8) is 0 Å². The Morgan fingerprint density at radius 1 is 1.13 bits per heavy atom. The van der Waals surface area contributed by atoms with Gasteiger partial charge < -0.3 is 16.0 Å². The first-order valence-electron chi connectivity index (χ1n) is 7.94. The molecule has 3 N–H and O–H groups in total. The van der Waals surface area contributed by atoms with Crippen LogP contribution in [0, 0.1) is 0 Å². The average molecular weight is 318 g/mol. The molecule has 2 heterocycles. The lowest BCUT2D eigenvalue weighted by Gasteiger charge is -2.46. The number of nitrogens with one attached hydrogen (secondary N) is 3. The summed E-state index contributed by atoms with van der Waals surface area (Å²) in [4.78, 5) is 28.0. The fraction of sp³-hybridized carbons (Fsp3) is 0.588. The van der Waals surface area contributed by atoms with Crippen molar-refractivity contribution in [2.24, 2.45) is 0 Å². The second kappa shape index (κ2) is 6.66. The van der Waals surface area contributed by atoms with E-state index >= 15 is 0 Å². The van der Waals surface area contributed by atoms with E-state index in [1.54, 1.807) is 24.5 Å². The van der Waals surface area contributed by atoms with Gasteiger partial charge in [0.15, 0.2) is 0 Å². The lowest BCUT2D eigenvalue weighted by atomic mass is 9.79. The summed E-state index contributed by atoms with van der Waals surface area (Å²) in [6.07, 6.45) is 4.89. The molecule has 0 unspecified atom stereocenters. The summed E-state index contributed by atoms with van der Waals surface area (Å²) in [7, 11) is 0. The second-order valence-corrected chi connectivity index (χ2v) is 7.51. The Kier molecular flexibility index (Phi) is 5.04. The van der Waals surface area contributed by atoms with Gasteiger partial charge in [0.25, 0.3) is 0 Å². The van der Waals surface area contributed by atoms with E-state index < -0.39 is 11.8 Å². The number of rotatable bonds is 3. The maximum atomic E-state index is 12.1. The molecule has 6 nitrogen and oxygen atoms in total. The zero-order valence-electron chi connectivity index (χ0n) is 14.3. The lowest BCUT2D eigenvalue weighted by Crippen LogP contribution is -2.62. The maximum Gasteiger partial charge on any atom is 0.309 e. The molecule has 0 aromatic carbocycles. The largest absolute Gasteiger partial charge is 0.345 e. The van der Waals surface area contributed by atoms with Crippen LogP contribution in [0.4, 0.5) is 0 Å². The highest BCUT2D eigenvalue weighted by molar-refractivity contribution is 6.35. The summed E-state index contributed by atoms with van der Waals surface area (Å²) in [5.74, 6) is -1.17. The fourth-order valence-corrected chi connectivity index (χ4v) is 3.44. The molecule has 1 aromatic rings. The van der Waals surface area contributed by atoms with Gasteiger partial charge in [-0.2, -0.15) is 0 Å². The predicted molar refractivity (Wildman–Crippen MR) is 88.5 cm³/mol. The molecular formula is C17H26N4O2. The van der Waals surface area contributed by atoms with Gasteiger partial charge >= 0.3 is 11.8 Å².